The van der Waals surface area contributed by atoms with E-state index in [1.54, 1.807) is 36.4 Å². The van der Waals surface area contributed by atoms with Gasteiger partial charge in [-0.1, -0.05) is 35.9 Å². The second-order valence-corrected chi connectivity index (χ2v) is 10.9. The highest BCUT2D eigenvalue weighted by molar-refractivity contribution is 7.90. The molecular weight excluding hydrogens is 491 g/mol. The summed E-state index contributed by atoms with van der Waals surface area (Å²) in [6.45, 7) is 2.83. The SMILES string of the molecule is Cc1ccc(S(=O)(=O)n2c3ccc(F)cc3c3cc(Oc4ccccc4)cc(OCCN(C)C)c32)cc1. The molecule has 0 saturated heterocycles. The summed E-state index contributed by atoms with van der Waals surface area (Å²) in [5.74, 6) is 0.930. The van der Waals surface area contributed by atoms with Crippen molar-refractivity contribution in [3.8, 4) is 17.2 Å². The van der Waals surface area contributed by atoms with Gasteiger partial charge in [0.05, 0.1) is 10.4 Å². The third-order valence-electron chi connectivity index (χ3n) is 6.05. The molecule has 190 valence electrons. The highest BCUT2D eigenvalue weighted by Crippen LogP contribution is 2.41. The number of rotatable bonds is 8. The van der Waals surface area contributed by atoms with Crippen molar-refractivity contribution in [2.24, 2.45) is 0 Å². The van der Waals surface area contributed by atoms with Crippen LogP contribution in [-0.4, -0.2) is 44.5 Å². The number of aromatic nitrogens is 1. The van der Waals surface area contributed by atoms with Crippen molar-refractivity contribution in [2.75, 3.05) is 27.2 Å². The number of aryl methyl sites for hydroxylation is 1. The Labute approximate surface area is 215 Å². The van der Waals surface area contributed by atoms with Crippen LogP contribution in [-0.2, 0) is 10.0 Å². The Hall–Kier alpha value is -3.88. The molecule has 0 radical (unpaired) electrons. The molecular formula is C29H27FN2O4S. The third kappa shape index (κ3) is 4.90. The van der Waals surface area contributed by atoms with Gasteiger partial charge in [-0.25, -0.2) is 16.8 Å². The third-order valence-corrected chi connectivity index (χ3v) is 7.78. The Balaban J connectivity index is 1.79. The lowest BCUT2D eigenvalue weighted by atomic mass is 10.1. The molecule has 0 aliphatic rings. The van der Waals surface area contributed by atoms with Gasteiger partial charge in [-0.3, -0.25) is 0 Å². The molecule has 8 heteroatoms. The molecule has 0 bridgehead atoms. The van der Waals surface area contributed by atoms with E-state index in [0.29, 0.717) is 52.2 Å². The zero-order valence-corrected chi connectivity index (χ0v) is 21.6. The highest BCUT2D eigenvalue weighted by Gasteiger charge is 2.27. The standard InChI is InChI=1S/C29H27FN2O4S/c1-20-9-12-24(13-10-20)37(33,34)32-27-14-11-21(30)17-25(27)26-18-23(36-22-7-5-4-6-8-22)19-28(29(26)32)35-16-15-31(2)3/h4-14,17-19H,15-16H2,1-3H3. The first-order valence-corrected chi connectivity index (χ1v) is 13.3. The minimum absolute atomic E-state index is 0.130. The van der Waals surface area contributed by atoms with E-state index in [1.165, 1.54) is 22.2 Å². The van der Waals surface area contributed by atoms with Crippen LogP contribution in [0.4, 0.5) is 4.39 Å². The van der Waals surface area contributed by atoms with Crippen molar-refractivity contribution < 1.29 is 22.3 Å². The molecule has 0 amide bonds. The summed E-state index contributed by atoms with van der Waals surface area (Å²) < 4.78 is 55.9. The fraction of sp³-hybridized carbons (Fsp3) is 0.172. The number of hydrogen-bond acceptors (Lipinski definition) is 5. The van der Waals surface area contributed by atoms with Crippen molar-refractivity contribution in [2.45, 2.75) is 11.8 Å². The molecule has 0 N–H and O–H groups in total. The Kier molecular flexibility index (Phi) is 6.62. The Morgan fingerprint density at radius 3 is 2.30 bits per heavy atom. The maximum Gasteiger partial charge on any atom is 0.268 e. The van der Waals surface area contributed by atoms with Crippen LogP contribution >= 0.6 is 0 Å². The number of halogens is 1. The Bertz CT molecular complexity index is 1680. The van der Waals surface area contributed by atoms with E-state index in [0.717, 1.165) is 5.56 Å². The maximum atomic E-state index is 14.5. The predicted molar refractivity (Wildman–Crippen MR) is 144 cm³/mol. The van der Waals surface area contributed by atoms with Gasteiger partial charge >= 0.3 is 0 Å². The highest BCUT2D eigenvalue weighted by atomic mass is 32.2. The summed E-state index contributed by atoms with van der Waals surface area (Å²) in [7, 11) is -0.199. The number of benzene rings is 4. The van der Waals surface area contributed by atoms with E-state index in [4.69, 9.17) is 9.47 Å². The normalized spacial score (nSPS) is 11.9. The average molecular weight is 519 g/mol. The summed E-state index contributed by atoms with van der Waals surface area (Å²) in [6.07, 6.45) is 0. The first-order valence-electron chi connectivity index (χ1n) is 11.8. The van der Waals surface area contributed by atoms with Crippen molar-refractivity contribution in [3.63, 3.8) is 0 Å². The smallest absolute Gasteiger partial charge is 0.268 e. The molecule has 37 heavy (non-hydrogen) atoms. The van der Waals surface area contributed by atoms with Crippen LogP contribution in [0.1, 0.15) is 5.56 Å². The monoisotopic (exact) mass is 518 g/mol. The largest absolute Gasteiger partial charge is 0.490 e. The first kappa shape index (κ1) is 24.8. The van der Waals surface area contributed by atoms with Gasteiger partial charge in [0.2, 0.25) is 0 Å². The van der Waals surface area contributed by atoms with Gasteiger partial charge in [0.15, 0.2) is 0 Å². The molecule has 4 aromatic carbocycles. The van der Waals surface area contributed by atoms with Crippen LogP contribution < -0.4 is 9.47 Å². The van der Waals surface area contributed by atoms with Gasteiger partial charge in [-0.2, -0.15) is 0 Å². The maximum absolute atomic E-state index is 14.5. The van der Waals surface area contributed by atoms with Crippen LogP contribution in [0.3, 0.4) is 0 Å². The van der Waals surface area contributed by atoms with Crippen molar-refractivity contribution in [3.05, 3.63) is 96.3 Å². The summed E-state index contributed by atoms with van der Waals surface area (Å²) in [6, 6.07) is 23.4. The van der Waals surface area contributed by atoms with E-state index in [1.807, 2.05) is 56.3 Å². The number of hydrogen-bond donors (Lipinski definition) is 0. The van der Waals surface area contributed by atoms with E-state index in [9.17, 15) is 12.8 Å². The molecule has 1 heterocycles. The molecule has 0 spiro atoms. The number of para-hydroxylation sites is 1. The van der Waals surface area contributed by atoms with Gasteiger partial charge in [0.25, 0.3) is 10.0 Å². The second-order valence-electron chi connectivity index (χ2n) is 9.13. The predicted octanol–water partition coefficient (Wildman–Crippen LogP) is 6.21. The fourth-order valence-electron chi connectivity index (χ4n) is 4.22. The first-order chi connectivity index (χ1) is 17.7. The van der Waals surface area contributed by atoms with Crippen LogP contribution in [0.15, 0.2) is 89.8 Å². The quantitative estimate of drug-likeness (QED) is 0.244. The fourth-order valence-corrected chi connectivity index (χ4v) is 5.75. The van der Waals surface area contributed by atoms with Gasteiger partial charge in [-0.15, -0.1) is 0 Å². The molecule has 5 aromatic rings. The summed E-state index contributed by atoms with van der Waals surface area (Å²) in [5, 5.41) is 0.958. The number of likely N-dealkylation sites (N-methyl/N-ethyl adjacent to an activating group) is 1. The minimum Gasteiger partial charge on any atom is -0.490 e. The van der Waals surface area contributed by atoms with Crippen LogP contribution in [0.2, 0.25) is 0 Å². The van der Waals surface area contributed by atoms with Crippen molar-refractivity contribution >= 4 is 31.8 Å². The lowest BCUT2D eigenvalue weighted by Crippen LogP contribution is -2.20. The molecule has 0 unspecified atom stereocenters. The number of ether oxygens (including phenoxy) is 2. The van der Waals surface area contributed by atoms with E-state index >= 15 is 0 Å². The Morgan fingerprint density at radius 1 is 0.865 bits per heavy atom. The molecule has 0 aliphatic heterocycles. The van der Waals surface area contributed by atoms with Gasteiger partial charge in [0.1, 0.15) is 35.2 Å². The zero-order chi connectivity index (χ0) is 26.2. The second kappa shape index (κ2) is 9.88. The van der Waals surface area contributed by atoms with E-state index in [2.05, 4.69) is 0 Å². The minimum atomic E-state index is -4.05. The molecule has 0 aliphatic carbocycles. The van der Waals surface area contributed by atoms with Crippen LogP contribution in [0.25, 0.3) is 21.8 Å². The van der Waals surface area contributed by atoms with E-state index < -0.39 is 15.8 Å². The molecule has 0 atom stereocenters. The van der Waals surface area contributed by atoms with Crippen molar-refractivity contribution in [1.82, 2.24) is 8.87 Å². The molecule has 5 rings (SSSR count). The number of fused-ring (bicyclic) bond motifs is 3. The van der Waals surface area contributed by atoms with E-state index in [-0.39, 0.29) is 4.90 Å². The van der Waals surface area contributed by atoms with Gasteiger partial charge < -0.3 is 14.4 Å². The lowest BCUT2D eigenvalue weighted by Gasteiger charge is -2.16. The van der Waals surface area contributed by atoms with Gasteiger partial charge in [0, 0.05) is 23.4 Å². The Morgan fingerprint density at radius 2 is 1.59 bits per heavy atom. The average Bonchev–Trinajstić information content (AvgIpc) is 3.19. The van der Waals surface area contributed by atoms with Crippen LogP contribution in [0.5, 0.6) is 17.2 Å². The molecule has 0 saturated carbocycles. The zero-order valence-electron chi connectivity index (χ0n) is 20.8. The summed E-state index contributed by atoms with van der Waals surface area (Å²) in [4.78, 5) is 2.10. The molecule has 1 aromatic heterocycles. The van der Waals surface area contributed by atoms with Crippen molar-refractivity contribution in [1.29, 1.82) is 0 Å². The summed E-state index contributed by atoms with van der Waals surface area (Å²) >= 11 is 0. The topological polar surface area (TPSA) is 60.8 Å². The van der Waals surface area contributed by atoms with Gasteiger partial charge in [-0.05, 0) is 69.6 Å². The lowest BCUT2D eigenvalue weighted by molar-refractivity contribution is 0.262. The molecule has 0 fully saturated rings. The molecule has 6 nitrogen and oxygen atoms in total. The number of nitrogens with zero attached hydrogens (tertiary/aromatic N) is 2. The summed E-state index contributed by atoms with van der Waals surface area (Å²) in [5.41, 5.74) is 1.63. The van der Waals surface area contributed by atoms with Crippen LogP contribution in [0, 0.1) is 12.7 Å².